The van der Waals surface area contributed by atoms with E-state index in [4.69, 9.17) is 21.1 Å². The summed E-state index contributed by atoms with van der Waals surface area (Å²) in [4.78, 5) is 15.9. The second-order valence-electron chi connectivity index (χ2n) is 10.3. The fraction of sp³-hybridized carbons (Fsp3) is 0.393. The van der Waals surface area contributed by atoms with Gasteiger partial charge in [0, 0.05) is 52.9 Å². The van der Waals surface area contributed by atoms with Gasteiger partial charge in [-0.05, 0) is 59.7 Å². The summed E-state index contributed by atoms with van der Waals surface area (Å²) in [5.41, 5.74) is 6.84. The maximum Gasteiger partial charge on any atom is 0.162 e. The van der Waals surface area contributed by atoms with Gasteiger partial charge in [0.1, 0.15) is 0 Å². The second kappa shape index (κ2) is 7.66. The number of nitrogens with zero attached hydrogens (tertiary/aromatic N) is 1. The summed E-state index contributed by atoms with van der Waals surface area (Å²) < 4.78 is 12.0. The number of fused-ring (bicyclic) bond motifs is 5. The lowest BCUT2D eigenvalue weighted by molar-refractivity contribution is -0.118. The summed E-state index contributed by atoms with van der Waals surface area (Å²) >= 11 is 6.18. The summed E-state index contributed by atoms with van der Waals surface area (Å²) in [5.74, 6) is 1.85. The Labute approximate surface area is 199 Å². The van der Waals surface area contributed by atoms with Crippen molar-refractivity contribution in [3.63, 3.8) is 0 Å². The SMILES string of the molecule is CC1(C)CC(=O)C2=C(C1)N1CCc3cc4c(cc3C1=C[C@@H]2c1ccc(Cl)cc1)OCCCO4. The van der Waals surface area contributed by atoms with Gasteiger partial charge in [0.15, 0.2) is 17.3 Å². The third-order valence-electron chi connectivity index (χ3n) is 7.23. The van der Waals surface area contributed by atoms with E-state index in [0.29, 0.717) is 24.7 Å². The zero-order valence-electron chi connectivity index (χ0n) is 19.1. The van der Waals surface area contributed by atoms with Crippen LogP contribution in [0.25, 0.3) is 5.70 Å². The van der Waals surface area contributed by atoms with Gasteiger partial charge in [0.2, 0.25) is 0 Å². The van der Waals surface area contributed by atoms with Crippen LogP contribution in [0, 0.1) is 5.41 Å². The van der Waals surface area contributed by atoms with E-state index in [0.717, 1.165) is 48.4 Å². The number of allylic oxidation sites excluding steroid dienone is 3. The molecule has 0 bridgehead atoms. The largest absolute Gasteiger partial charge is 0.490 e. The Balaban J connectivity index is 1.52. The number of carbonyl (C=O) groups excluding carboxylic acids is 1. The number of hydrogen-bond acceptors (Lipinski definition) is 4. The van der Waals surface area contributed by atoms with Crippen molar-refractivity contribution in [2.24, 2.45) is 5.41 Å². The second-order valence-corrected chi connectivity index (χ2v) is 10.7. The number of benzene rings is 2. The van der Waals surface area contributed by atoms with Crippen LogP contribution in [-0.2, 0) is 11.2 Å². The van der Waals surface area contributed by atoms with Crippen molar-refractivity contribution in [3.8, 4) is 11.5 Å². The molecule has 5 heteroatoms. The van der Waals surface area contributed by atoms with E-state index in [-0.39, 0.29) is 17.1 Å². The molecule has 0 saturated heterocycles. The maximum absolute atomic E-state index is 13.5. The predicted molar refractivity (Wildman–Crippen MR) is 130 cm³/mol. The Morgan fingerprint density at radius 1 is 1.03 bits per heavy atom. The van der Waals surface area contributed by atoms with E-state index in [9.17, 15) is 4.79 Å². The highest BCUT2D eigenvalue weighted by Crippen LogP contribution is 2.51. The zero-order valence-corrected chi connectivity index (χ0v) is 19.9. The molecular weight excluding hydrogens is 434 g/mol. The van der Waals surface area contributed by atoms with Gasteiger partial charge < -0.3 is 14.4 Å². The topological polar surface area (TPSA) is 38.8 Å². The van der Waals surface area contributed by atoms with Gasteiger partial charge >= 0.3 is 0 Å². The summed E-state index contributed by atoms with van der Waals surface area (Å²) in [6.07, 6.45) is 5.57. The first-order chi connectivity index (χ1) is 15.9. The van der Waals surface area contributed by atoms with Crippen LogP contribution in [0.3, 0.4) is 0 Å². The number of Topliss-reactive ketones (excluding diaryl/α,β-unsaturated/α-hetero) is 1. The molecule has 0 aromatic heterocycles. The van der Waals surface area contributed by atoms with Crippen LogP contribution in [0.1, 0.15) is 55.7 Å². The number of hydrogen-bond donors (Lipinski definition) is 0. The van der Waals surface area contributed by atoms with Crippen LogP contribution in [0.2, 0.25) is 5.02 Å². The van der Waals surface area contributed by atoms with Crippen molar-refractivity contribution >= 4 is 23.1 Å². The smallest absolute Gasteiger partial charge is 0.162 e. The molecule has 33 heavy (non-hydrogen) atoms. The molecule has 1 atom stereocenters. The molecule has 0 spiro atoms. The fourth-order valence-electron chi connectivity index (χ4n) is 5.72. The van der Waals surface area contributed by atoms with Crippen LogP contribution in [0.5, 0.6) is 11.5 Å². The van der Waals surface area contributed by atoms with Gasteiger partial charge in [-0.2, -0.15) is 0 Å². The highest BCUT2D eigenvalue weighted by molar-refractivity contribution is 6.30. The van der Waals surface area contributed by atoms with Crippen LogP contribution in [-0.4, -0.2) is 30.4 Å². The molecule has 0 N–H and O–H groups in total. The van der Waals surface area contributed by atoms with Gasteiger partial charge in [-0.15, -0.1) is 0 Å². The quantitative estimate of drug-likeness (QED) is 0.511. The third kappa shape index (κ3) is 3.56. The minimum absolute atomic E-state index is 0.0477. The van der Waals surface area contributed by atoms with E-state index >= 15 is 0 Å². The molecule has 0 radical (unpaired) electrons. The lowest BCUT2D eigenvalue weighted by Gasteiger charge is -2.46. The third-order valence-corrected chi connectivity index (χ3v) is 7.48. The van der Waals surface area contributed by atoms with Crippen LogP contribution < -0.4 is 9.47 Å². The van der Waals surface area contributed by atoms with Crippen LogP contribution in [0.4, 0.5) is 0 Å². The predicted octanol–water partition coefficient (Wildman–Crippen LogP) is 6.14. The standard InChI is InChI=1S/C28H28ClNO3/c1-28(2)15-23-27(24(31)16-28)21(17-4-6-19(29)7-5-17)13-22-20-14-26-25(32-10-3-11-33-26)12-18(20)8-9-30(22)23/h4-7,12-14,21H,3,8-11,15-16H2,1-2H3/t21-/m1/s1. The van der Waals surface area contributed by atoms with Crippen molar-refractivity contribution in [1.29, 1.82) is 0 Å². The molecule has 0 saturated carbocycles. The zero-order chi connectivity index (χ0) is 22.7. The summed E-state index contributed by atoms with van der Waals surface area (Å²) in [6.45, 7) is 6.63. The number of halogens is 1. The first-order valence-electron chi connectivity index (χ1n) is 11.8. The van der Waals surface area contributed by atoms with E-state index < -0.39 is 0 Å². The van der Waals surface area contributed by atoms with Crippen LogP contribution >= 0.6 is 11.6 Å². The molecule has 2 aromatic rings. The summed E-state index contributed by atoms with van der Waals surface area (Å²) in [5, 5.41) is 0.706. The molecule has 1 aliphatic carbocycles. The van der Waals surface area contributed by atoms with E-state index in [1.807, 2.05) is 12.1 Å². The highest BCUT2D eigenvalue weighted by Gasteiger charge is 2.42. The Morgan fingerprint density at radius 2 is 1.76 bits per heavy atom. The number of ether oxygens (including phenoxy) is 2. The molecule has 0 unspecified atom stereocenters. The Hall–Kier alpha value is -2.72. The molecular formula is C28H28ClNO3. The number of rotatable bonds is 1. The molecule has 3 heterocycles. The monoisotopic (exact) mass is 461 g/mol. The molecule has 0 amide bonds. The van der Waals surface area contributed by atoms with Crippen molar-refractivity contribution < 1.29 is 14.3 Å². The van der Waals surface area contributed by atoms with Gasteiger partial charge in [-0.1, -0.05) is 37.6 Å². The van der Waals surface area contributed by atoms with Gasteiger partial charge in [-0.3, -0.25) is 4.79 Å². The minimum atomic E-state index is -0.0750. The molecule has 3 aliphatic heterocycles. The molecule has 4 aliphatic rings. The minimum Gasteiger partial charge on any atom is -0.490 e. The fourth-order valence-corrected chi connectivity index (χ4v) is 5.85. The van der Waals surface area contributed by atoms with Crippen molar-refractivity contribution in [3.05, 3.63) is 75.5 Å². The first kappa shape index (κ1) is 20.9. The van der Waals surface area contributed by atoms with Gasteiger partial charge in [0.25, 0.3) is 0 Å². The van der Waals surface area contributed by atoms with E-state index in [1.54, 1.807) is 0 Å². The van der Waals surface area contributed by atoms with Crippen molar-refractivity contribution in [1.82, 2.24) is 4.90 Å². The van der Waals surface area contributed by atoms with Gasteiger partial charge in [-0.25, -0.2) is 0 Å². The number of ketones is 1. The molecule has 4 nitrogen and oxygen atoms in total. The van der Waals surface area contributed by atoms with Crippen LogP contribution in [0.15, 0.2) is 53.7 Å². The Kier molecular flexibility index (Phi) is 4.84. The normalized spacial score (nSPS) is 23.2. The Morgan fingerprint density at radius 3 is 2.52 bits per heavy atom. The maximum atomic E-state index is 13.5. The average molecular weight is 462 g/mol. The Bertz CT molecular complexity index is 1210. The lowest BCUT2D eigenvalue weighted by Crippen LogP contribution is -2.40. The van der Waals surface area contributed by atoms with Crippen molar-refractivity contribution in [2.75, 3.05) is 19.8 Å². The average Bonchev–Trinajstić information content (AvgIpc) is 3.01. The lowest BCUT2D eigenvalue weighted by atomic mass is 9.69. The molecule has 0 fully saturated rings. The summed E-state index contributed by atoms with van der Waals surface area (Å²) in [7, 11) is 0. The number of carbonyl (C=O) groups is 1. The molecule has 170 valence electrons. The van der Waals surface area contributed by atoms with Crippen molar-refractivity contribution in [2.45, 2.75) is 45.4 Å². The van der Waals surface area contributed by atoms with Gasteiger partial charge in [0.05, 0.1) is 13.2 Å². The molecule has 6 rings (SSSR count). The summed E-state index contributed by atoms with van der Waals surface area (Å²) in [6, 6.07) is 12.2. The van der Waals surface area contributed by atoms with E-state index in [2.05, 4.69) is 49.1 Å². The highest BCUT2D eigenvalue weighted by atomic mass is 35.5. The van der Waals surface area contributed by atoms with E-state index in [1.165, 1.54) is 22.5 Å². The first-order valence-corrected chi connectivity index (χ1v) is 12.2. The molecule has 2 aromatic carbocycles.